The third kappa shape index (κ3) is 4.86. The topological polar surface area (TPSA) is 115 Å². The molecule has 1 fully saturated rings. The zero-order chi connectivity index (χ0) is 23.0. The molecular formula is C22H18F3N7O. The molecule has 8 nitrogen and oxygen atoms in total. The van der Waals surface area contributed by atoms with Crippen LogP contribution in [0.25, 0.3) is 11.4 Å². The smallest absolute Gasteiger partial charge is 0.416 e. The van der Waals surface area contributed by atoms with Gasteiger partial charge in [0.1, 0.15) is 17.4 Å². The molecule has 0 aliphatic heterocycles. The van der Waals surface area contributed by atoms with Gasteiger partial charge in [-0.15, -0.1) is 5.10 Å². The largest absolute Gasteiger partial charge is 0.439 e. The van der Waals surface area contributed by atoms with Gasteiger partial charge in [-0.3, -0.25) is 5.10 Å². The first-order chi connectivity index (χ1) is 15.8. The molecule has 2 aromatic heterocycles. The van der Waals surface area contributed by atoms with Crippen LogP contribution in [0, 0.1) is 0 Å². The summed E-state index contributed by atoms with van der Waals surface area (Å²) in [5, 5.41) is 9.58. The minimum Gasteiger partial charge on any atom is -0.439 e. The summed E-state index contributed by atoms with van der Waals surface area (Å²) in [5.41, 5.74) is 6.00. The van der Waals surface area contributed by atoms with Crippen LogP contribution in [0.4, 0.5) is 30.6 Å². The first-order valence-corrected chi connectivity index (χ1v) is 10.1. The van der Waals surface area contributed by atoms with Gasteiger partial charge in [0.15, 0.2) is 5.82 Å². The fraction of sp³-hybridized carbons (Fsp3) is 0.182. The highest BCUT2D eigenvalue weighted by Crippen LogP contribution is 2.39. The lowest BCUT2D eigenvalue weighted by molar-refractivity contribution is -0.137. The van der Waals surface area contributed by atoms with Gasteiger partial charge in [-0.2, -0.15) is 23.1 Å². The molecule has 0 radical (unpaired) electrons. The number of nitrogens with two attached hydrogens (primary N) is 1. The third-order valence-corrected chi connectivity index (χ3v) is 4.94. The monoisotopic (exact) mass is 453 g/mol. The molecule has 0 unspecified atom stereocenters. The lowest BCUT2D eigenvalue weighted by Gasteiger charge is -2.08. The number of nitrogens with one attached hydrogen (secondary N) is 2. The Kier molecular flexibility index (Phi) is 5.08. The van der Waals surface area contributed by atoms with Gasteiger partial charge in [0.05, 0.1) is 5.56 Å². The van der Waals surface area contributed by atoms with Crippen molar-refractivity contribution in [1.29, 1.82) is 0 Å². The Morgan fingerprint density at radius 1 is 1.00 bits per heavy atom. The van der Waals surface area contributed by atoms with Crippen molar-refractivity contribution in [2.24, 2.45) is 0 Å². The summed E-state index contributed by atoms with van der Waals surface area (Å²) in [6.07, 6.45) is -2.35. The number of aromatic amines is 1. The predicted octanol–water partition coefficient (Wildman–Crippen LogP) is 5.28. The first kappa shape index (κ1) is 20.7. The summed E-state index contributed by atoms with van der Waals surface area (Å²) in [6, 6.07) is 13.4. The van der Waals surface area contributed by atoms with Crippen molar-refractivity contribution in [1.82, 2.24) is 25.1 Å². The second-order valence-corrected chi connectivity index (χ2v) is 7.60. The minimum absolute atomic E-state index is 0.133. The summed E-state index contributed by atoms with van der Waals surface area (Å²) >= 11 is 0. The zero-order valence-electron chi connectivity index (χ0n) is 17.1. The highest BCUT2D eigenvalue weighted by Gasteiger charge is 2.30. The average molecular weight is 453 g/mol. The molecule has 4 N–H and O–H groups in total. The van der Waals surface area contributed by atoms with E-state index in [1.54, 1.807) is 30.3 Å². The summed E-state index contributed by atoms with van der Waals surface area (Å²) < 4.78 is 44.6. The summed E-state index contributed by atoms with van der Waals surface area (Å²) in [6.45, 7) is 0. The van der Waals surface area contributed by atoms with Crippen LogP contribution in [0.3, 0.4) is 0 Å². The lowest BCUT2D eigenvalue weighted by atomic mass is 10.2. The number of ether oxygens (including phenoxy) is 1. The van der Waals surface area contributed by atoms with Crippen LogP contribution in [0.1, 0.15) is 30.1 Å². The number of halogens is 3. The van der Waals surface area contributed by atoms with Crippen LogP contribution in [-0.2, 0) is 6.18 Å². The van der Waals surface area contributed by atoms with Crippen molar-refractivity contribution in [3.63, 3.8) is 0 Å². The first-order valence-electron chi connectivity index (χ1n) is 10.1. The van der Waals surface area contributed by atoms with Gasteiger partial charge in [0, 0.05) is 23.2 Å². The third-order valence-electron chi connectivity index (χ3n) is 4.94. The number of nitrogen functional groups attached to an aromatic ring is 1. The Labute approximate surface area is 186 Å². The molecule has 0 saturated heterocycles. The Morgan fingerprint density at radius 2 is 1.82 bits per heavy atom. The average Bonchev–Trinajstić information content (AvgIpc) is 3.52. The molecule has 11 heteroatoms. The maximum Gasteiger partial charge on any atom is 0.416 e. The van der Waals surface area contributed by atoms with Crippen LogP contribution in [0.5, 0.6) is 11.6 Å². The molecule has 5 rings (SSSR count). The molecule has 1 aliphatic rings. The van der Waals surface area contributed by atoms with E-state index in [1.807, 2.05) is 0 Å². The van der Waals surface area contributed by atoms with Gasteiger partial charge >= 0.3 is 6.18 Å². The quantitative estimate of drug-likeness (QED) is 0.364. The van der Waals surface area contributed by atoms with Crippen molar-refractivity contribution in [3.8, 4) is 23.0 Å². The van der Waals surface area contributed by atoms with Gasteiger partial charge in [-0.1, -0.05) is 18.2 Å². The van der Waals surface area contributed by atoms with Gasteiger partial charge in [0.25, 0.3) is 0 Å². The van der Waals surface area contributed by atoms with E-state index in [9.17, 15) is 13.2 Å². The van der Waals surface area contributed by atoms with Gasteiger partial charge < -0.3 is 15.8 Å². The van der Waals surface area contributed by atoms with Gasteiger partial charge in [0.2, 0.25) is 11.8 Å². The van der Waals surface area contributed by atoms with Crippen LogP contribution in [0.2, 0.25) is 0 Å². The predicted molar refractivity (Wildman–Crippen MR) is 115 cm³/mol. The summed E-state index contributed by atoms with van der Waals surface area (Å²) in [4.78, 5) is 13.0. The molecule has 1 saturated carbocycles. The molecule has 33 heavy (non-hydrogen) atoms. The van der Waals surface area contributed by atoms with E-state index < -0.39 is 11.7 Å². The van der Waals surface area contributed by atoms with Crippen LogP contribution >= 0.6 is 0 Å². The number of aromatic nitrogens is 5. The van der Waals surface area contributed by atoms with Crippen molar-refractivity contribution in [2.75, 3.05) is 11.1 Å². The number of rotatable bonds is 6. The number of H-pyrrole nitrogens is 1. The van der Waals surface area contributed by atoms with Crippen molar-refractivity contribution in [2.45, 2.75) is 24.9 Å². The molecular weight excluding hydrogens is 435 g/mol. The Morgan fingerprint density at radius 3 is 2.61 bits per heavy atom. The highest BCUT2D eigenvalue weighted by atomic mass is 19.4. The van der Waals surface area contributed by atoms with E-state index in [0.29, 0.717) is 40.6 Å². The van der Waals surface area contributed by atoms with E-state index in [1.165, 1.54) is 12.1 Å². The molecule has 168 valence electrons. The molecule has 0 bridgehead atoms. The summed E-state index contributed by atoms with van der Waals surface area (Å²) in [7, 11) is 0. The maximum atomic E-state index is 12.9. The Balaban J connectivity index is 1.33. The van der Waals surface area contributed by atoms with E-state index in [0.717, 1.165) is 25.0 Å². The molecule has 2 aromatic carbocycles. The Hall–Kier alpha value is -4.15. The molecule has 1 aliphatic carbocycles. The van der Waals surface area contributed by atoms with Crippen molar-refractivity contribution >= 4 is 17.5 Å². The number of nitrogens with zero attached hydrogens (tertiary/aromatic N) is 4. The minimum atomic E-state index is -4.43. The second-order valence-electron chi connectivity index (χ2n) is 7.60. The molecule has 0 spiro atoms. The van der Waals surface area contributed by atoms with Crippen LogP contribution < -0.4 is 15.8 Å². The van der Waals surface area contributed by atoms with Crippen LogP contribution in [-0.4, -0.2) is 25.1 Å². The zero-order valence-corrected chi connectivity index (χ0v) is 17.1. The van der Waals surface area contributed by atoms with E-state index >= 15 is 0 Å². The molecule has 2 heterocycles. The summed E-state index contributed by atoms with van der Waals surface area (Å²) in [5.74, 6) is 2.77. The number of hydrogen-bond donors (Lipinski definition) is 3. The van der Waals surface area contributed by atoms with E-state index in [4.69, 9.17) is 10.5 Å². The standard InChI is InChI=1S/C22H18F3N7O/c23-22(24,25)14-4-2-5-15(10-14)27-21-30-20(31-32-21)13-3-1-6-16(9-13)33-18-11-17(26)28-19(29-18)12-7-8-12/h1-6,9-12H,7-8H2,(H2,26,28,29)(H2,27,30,31,32). The fourth-order valence-corrected chi connectivity index (χ4v) is 3.21. The van der Waals surface area contributed by atoms with Gasteiger partial charge in [-0.25, -0.2) is 4.98 Å². The molecule has 4 aromatic rings. The molecule has 0 amide bonds. The SMILES string of the molecule is Nc1cc(Oc2cccc(-c3nc(Nc4cccc(C(F)(F)F)c4)n[nH]3)c2)nc(C2CC2)n1. The molecule has 0 atom stereocenters. The van der Waals surface area contributed by atoms with Crippen molar-refractivity contribution < 1.29 is 17.9 Å². The van der Waals surface area contributed by atoms with Crippen molar-refractivity contribution in [3.05, 3.63) is 66.0 Å². The van der Waals surface area contributed by atoms with E-state index in [2.05, 4.69) is 30.5 Å². The van der Waals surface area contributed by atoms with E-state index in [-0.39, 0.29) is 11.6 Å². The fourth-order valence-electron chi connectivity index (χ4n) is 3.21. The Bertz CT molecular complexity index is 1300. The number of benzene rings is 2. The second kappa shape index (κ2) is 8.08. The highest BCUT2D eigenvalue weighted by molar-refractivity contribution is 5.61. The van der Waals surface area contributed by atoms with Crippen LogP contribution in [0.15, 0.2) is 54.6 Å². The number of hydrogen-bond acceptors (Lipinski definition) is 7. The van der Waals surface area contributed by atoms with Gasteiger partial charge in [-0.05, 0) is 43.2 Å². The number of anilines is 3. The normalized spacial score (nSPS) is 13.7. The lowest BCUT2D eigenvalue weighted by Crippen LogP contribution is -2.05. The number of alkyl halides is 3. The maximum absolute atomic E-state index is 12.9.